The lowest BCUT2D eigenvalue weighted by Crippen LogP contribution is -2.49. The molecular weight excluding hydrogens is 420 g/mol. The molecule has 1 aliphatic rings. The lowest BCUT2D eigenvalue weighted by Gasteiger charge is -2.35. The normalized spacial score (nSPS) is 14.4. The van der Waals surface area contributed by atoms with Crippen molar-refractivity contribution >= 4 is 27.7 Å². The van der Waals surface area contributed by atoms with Crippen molar-refractivity contribution in [2.24, 2.45) is 0 Å². The molecule has 3 aromatic rings. The zero-order chi connectivity index (χ0) is 19.7. The summed E-state index contributed by atoms with van der Waals surface area (Å²) in [7, 11) is 0. The molecule has 0 unspecified atom stereocenters. The molecule has 0 atom stereocenters. The van der Waals surface area contributed by atoms with Gasteiger partial charge in [0.05, 0.1) is 5.69 Å². The minimum absolute atomic E-state index is 0.0695. The number of anilines is 1. The van der Waals surface area contributed by atoms with Gasteiger partial charge in [-0.3, -0.25) is 9.36 Å². The fourth-order valence-corrected chi connectivity index (χ4v) is 3.55. The van der Waals surface area contributed by atoms with Crippen molar-refractivity contribution in [3.8, 4) is 5.82 Å². The Bertz CT molecular complexity index is 992. The van der Waals surface area contributed by atoms with Gasteiger partial charge in [-0.15, -0.1) is 0 Å². The van der Waals surface area contributed by atoms with Gasteiger partial charge in [0.1, 0.15) is 24.3 Å². The molecule has 1 saturated heterocycles. The van der Waals surface area contributed by atoms with Crippen LogP contribution in [0, 0.1) is 13.8 Å². The number of hydrogen-bond donors (Lipinski definition) is 0. The molecule has 1 aromatic carbocycles. The number of aromatic nitrogens is 4. The van der Waals surface area contributed by atoms with E-state index in [1.54, 1.807) is 12.7 Å². The number of carbonyl (C=O) groups is 1. The summed E-state index contributed by atoms with van der Waals surface area (Å²) in [5.41, 5.74) is 2.77. The van der Waals surface area contributed by atoms with Gasteiger partial charge in [-0.25, -0.2) is 15.0 Å². The Labute approximate surface area is 172 Å². The van der Waals surface area contributed by atoms with Crippen LogP contribution in [-0.2, 0) is 0 Å². The molecule has 4 rings (SSSR count). The van der Waals surface area contributed by atoms with Crippen molar-refractivity contribution < 1.29 is 4.79 Å². The molecule has 0 radical (unpaired) electrons. The summed E-state index contributed by atoms with van der Waals surface area (Å²) in [5.74, 6) is 1.74. The van der Waals surface area contributed by atoms with Crippen molar-refractivity contribution in [2.75, 3.05) is 31.1 Å². The number of rotatable bonds is 3. The molecule has 0 spiro atoms. The molecule has 2 aromatic heterocycles. The quantitative estimate of drug-likeness (QED) is 0.625. The van der Waals surface area contributed by atoms with Gasteiger partial charge in [0.25, 0.3) is 5.91 Å². The highest BCUT2D eigenvalue weighted by molar-refractivity contribution is 9.10. The Balaban J connectivity index is 1.45. The van der Waals surface area contributed by atoms with Crippen LogP contribution in [0.25, 0.3) is 5.82 Å². The fraction of sp³-hybridized carbons (Fsp3) is 0.300. The minimum Gasteiger partial charge on any atom is -0.353 e. The van der Waals surface area contributed by atoms with Crippen LogP contribution >= 0.6 is 15.9 Å². The second-order valence-corrected chi connectivity index (χ2v) is 7.72. The first-order valence-electron chi connectivity index (χ1n) is 9.15. The Morgan fingerprint density at radius 3 is 2.29 bits per heavy atom. The second kappa shape index (κ2) is 7.71. The summed E-state index contributed by atoms with van der Waals surface area (Å²) >= 11 is 3.40. The SMILES string of the molecule is Cc1ncn(-c2cc(N3CCN(C(=O)c4ccc(Br)cc4)CC3)ncn2)c1C. The van der Waals surface area contributed by atoms with E-state index in [1.807, 2.05) is 53.6 Å². The Kier molecular flexibility index (Phi) is 5.13. The van der Waals surface area contributed by atoms with E-state index in [4.69, 9.17) is 0 Å². The number of piperazine rings is 1. The maximum Gasteiger partial charge on any atom is 0.253 e. The van der Waals surface area contributed by atoms with Gasteiger partial charge in [0.2, 0.25) is 0 Å². The van der Waals surface area contributed by atoms with Gasteiger partial charge in [-0.2, -0.15) is 0 Å². The zero-order valence-electron chi connectivity index (χ0n) is 15.8. The van der Waals surface area contributed by atoms with Crippen LogP contribution in [0.15, 0.2) is 47.5 Å². The second-order valence-electron chi connectivity index (χ2n) is 6.81. The number of imidazole rings is 1. The average molecular weight is 441 g/mol. The van der Waals surface area contributed by atoms with E-state index in [-0.39, 0.29) is 5.91 Å². The zero-order valence-corrected chi connectivity index (χ0v) is 17.4. The van der Waals surface area contributed by atoms with Gasteiger partial charge in [-0.1, -0.05) is 15.9 Å². The van der Waals surface area contributed by atoms with Crippen LogP contribution in [0.2, 0.25) is 0 Å². The van der Waals surface area contributed by atoms with E-state index < -0.39 is 0 Å². The lowest BCUT2D eigenvalue weighted by atomic mass is 10.2. The first-order valence-corrected chi connectivity index (χ1v) is 9.95. The Hall–Kier alpha value is -2.74. The van der Waals surface area contributed by atoms with Gasteiger partial charge >= 0.3 is 0 Å². The van der Waals surface area contributed by atoms with Crippen molar-refractivity contribution in [1.29, 1.82) is 0 Å². The number of amides is 1. The number of carbonyl (C=O) groups excluding carboxylic acids is 1. The fourth-order valence-electron chi connectivity index (χ4n) is 3.29. The van der Waals surface area contributed by atoms with Crippen LogP contribution < -0.4 is 4.90 Å². The lowest BCUT2D eigenvalue weighted by molar-refractivity contribution is 0.0746. The molecule has 0 N–H and O–H groups in total. The number of benzene rings is 1. The molecule has 3 heterocycles. The van der Waals surface area contributed by atoms with E-state index in [0.717, 1.165) is 40.6 Å². The van der Waals surface area contributed by atoms with Crippen molar-refractivity contribution in [3.05, 3.63) is 64.4 Å². The average Bonchev–Trinajstić information content (AvgIpc) is 3.07. The number of hydrogen-bond acceptors (Lipinski definition) is 5. The summed E-state index contributed by atoms with van der Waals surface area (Å²) in [6.45, 7) is 6.81. The smallest absolute Gasteiger partial charge is 0.253 e. The highest BCUT2D eigenvalue weighted by atomic mass is 79.9. The minimum atomic E-state index is 0.0695. The van der Waals surface area contributed by atoms with Crippen molar-refractivity contribution in [3.63, 3.8) is 0 Å². The molecule has 7 nitrogen and oxygen atoms in total. The van der Waals surface area contributed by atoms with Gasteiger partial charge in [0.15, 0.2) is 0 Å². The van der Waals surface area contributed by atoms with Gasteiger partial charge in [0, 0.05) is 48.0 Å². The largest absolute Gasteiger partial charge is 0.353 e. The molecule has 1 amide bonds. The monoisotopic (exact) mass is 440 g/mol. The third kappa shape index (κ3) is 3.64. The van der Waals surface area contributed by atoms with Crippen LogP contribution in [0.5, 0.6) is 0 Å². The van der Waals surface area contributed by atoms with E-state index in [9.17, 15) is 4.79 Å². The maximum atomic E-state index is 12.7. The third-order valence-electron chi connectivity index (χ3n) is 5.12. The number of aryl methyl sites for hydroxylation is 1. The predicted molar refractivity (Wildman–Crippen MR) is 111 cm³/mol. The Morgan fingerprint density at radius 1 is 0.964 bits per heavy atom. The van der Waals surface area contributed by atoms with E-state index in [2.05, 4.69) is 35.8 Å². The molecule has 8 heteroatoms. The predicted octanol–water partition coefficient (Wildman–Crippen LogP) is 3.00. The summed E-state index contributed by atoms with van der Waals surface area (Å²) in [6, 6.07) is 9.47. The van der Waals surface area contributed by atoms with Crippen LogP contribution in [0.3, 0.4) is 0 Å². The number of nitrogens with zero attached hydrogens (tertiary/aromatic N) is 6. The summed E-state index contributed by atoms with van der Waals surface area (Å²) in [4.78, 5) is 29.9. The first kappa shape index (κ1) is 18.6. The third-order valence-corrected chi connectivity index (χ3v) is 5.65. The summed E-state index contributed by atoms with van der Waals surface area (Å²) in [5, 5.41) is 0. The molecular formula is C20H21BrN6O. The highest BCUT2D eigenvalue weighted by Crippen LogP contribution is 2.19. The molecule has 144 valence electrons. The first-order chi connectivity index (χ1) is 13.5. The highest BCUT2D eigenvalue weighted by Gasteiger charge is 2.23. The van der Waals surface area contributed by atoms with Crippen LogP contribution in [0.4, 0.5) is 5.82 Å². The molecule has 0 saturated carbocycles. The van der Waals surface area contributed by atoms with Crippen LogP contribution in [-0.4, -0.2) is 56.5 Å². The summed E-state index contributed by atoms with van der Waals surface area (Å²) < 4.78 is 2.94. The van der Waals surface area contributed by atoms with Crippen LogP contribution in [0.1, 0.15) is 21.7 Å². The Morgan fingerprint density at radius 2 is 1.64 bits per heavy atom. The van der Waals surface area contributed by atoms with Crippen molar-refractivity contribution in [2.45, 2.75) is 13.8 Å². The molecule has 0 aliphatic carbocycles. The molecule has 28 heavy (non-hydrogen) atoms. The molecule has 0 bridgehead atoms. The standard InChI is InChI=1S/C20H21BrN6O/c1-14-15(2)27(13-24-14)19-11-18(22-12-23-19)25-7-9-26(10-8-25)20(28)16-3-5-17(21)6-4-16/h3-6,11-13H,7-10H2,1-2H3. The molecule has 1 fully saturated rings. The van der Waals surface area contributed by atoms with E-state index >= 15 is 0 Å². The van der Waals surface area contributed by atoms with Gasteiger partial charge < -0.3 is 9.80 Å². The topological polar surface area (TPSA) is 67.2 Å². The van der Waals surface area contributed by atoms with Gasteiger partial charge in [-0.05, 0) is 38.1 Å². The number of halogens is 1. The van der Waals surface area contributed by atoms with Crippen molar-refractivity contribution in [1.82, 2.24) is 24.4 Å². The van der Waals surface area contributed by atoms with E-state index in [0.29, 0.717) is 18.7 Å². The van der Waals surface area contributed by atoms with E-state index in [1.165, 1.54) is 0 Å². The summed E-state index contributed by atoms with van der Waals surface area (Å²) in [6.07, 6.45) is 3.37. The maximum absolute atomic E-state index is 12.7. The molecule has 1 aliphatic heterocycles.